The van der Waals surface area contributed by atoms with Crippen LogP contribution in [-0.2, 0) is 34.0 Å². The van der Waals surface area contributed by atoms with Gasteiger partial charge in [0.1, 0.15) is 6.04 Å². The molecule has 1 aromatic rings. The highest BCUT2D eigenvalue weighted by atomic mass is 16.3. The van der Waals surface area contributed by atoms with Crippen LogP contribution in [0.1, 0.15) is 65.6 Å². The number of amides is 4. The second kappa shape index (κ2) is 8.33. The number of hydrogen-bond donors (Lipinski definition) is 1. The summed E-state index contributed by atoms with van der Waals surface area (Å²) in [6.45, 7) is 1.62. The van der Waals surface area contributed by atoms with Gasteiger partial charge in [-0.3, -0.25) is 24.5 Å². The van der Waals surface area contributed by atoms with Gasteiger partial charge in [-0.05, 0) is 42.0 Å². The Hall–Kier alpha value is -3.10. The lowest BCUT2D eigenvalue weighted by molar-refractivity contribution is -0.137. The topological polar surface area (TPSA) is 116 Å². The summed E-state index contributed by atoms with van der Waals surface area (Å²) in [6, 6.07) is 3.20. The zero-order chi connectivity index (χ0) is 21.3. The highest BCUT2D eigenvalue weighted by molar-refractivity contribution is 6.05. The first kappa shape index (κ1) is 20.2. The number of carbonyl (C=O) groups is 4. The summed E-state index contributed by atoms with van der Waals surface area (Å²) in [6.07, 6.45) is 3.25. The quantitative estimate of drug-likeness (QED) is 0.415. The molecule has 4 rings (SSSR count). The predicted molar refractivity (Wildman–Crippen MR) is 106 cm³/mol. The molecule has 0 radical (unpaired) electrons. The zero-order valence-corrected chi connectivity index (χ0v) is 16.7. The molecule has 1 N–H and O–H groups in total. The maximum atomic E-state index is 12.9. The third-order valence-corrected chi connectivity index (χ3v) is 6.06. The molecule has 0 aromatic heterocycles. The van der Waals surface area contributed by atoms with E-state index >= 15 is 0 Å². The lowest BCUT2D eigenvalue weighted by atomic mass is 10.0. The molecular weight excluding hydrogens is 388 g/mol. The molecule has 9 heteroatoms. The van der Waals surface area contributed by atoms with Crippen LogP contribution in [-0.4, -0.2) is 46.0 Å². The van der Waals surface area contributed by atoms with Crippen molar-refractivity contribution in [2.45, 2.75) is 64.2 Å². The lowest BCUT2D eigenvalue weighted by Gasteiger charge is -2.29. The second-order valence-electron chi connectivity index (χ2n) is 8.09. The number of rotatable bonds is 7. The molecule has 0 aliphatic carbocycles. The van der Waals surface area contributed by atoms with E-state index in [4.69, 9.17) is 0 Å². The van der Waals surface area contributed by atoms with E-state index in [1.54, 1.807) is 9.80 Å². The number of nitrogens with zero attached hydrogens (tertiary/aromatic N) is 3. The predicted octanol–water partition coefficient (Wildman–Crippen LogP) is 1.62. The summed E-state index contributed by atoms with van der Waals surface area (Å²) >= 11 is 0. The molecule has 158 valence electrons. The Morgan fingerprint density at radius 3 is 2.53 bits per heavy atom. The van der Waals surface area contributed by atoms with Crippen LogP contribution in [0.5, 0.6) is 0 Å². The van der Waals surface area contributed by atoms with Crippen LogP contribution in [0.15, 0.2) is 17.3 Å². The molecule has 1 atom stereocenters. The molecule has 0 bridgehead atoms. The average Bonchev–Trinajstić information content (AvgIpc) is 3.27. The Morgan fingerprint density at radius 2 is 1.80 bits per heavy atom. The van der Waals surface area contributed by atoms with Crippen LogP contribution in [0.25, 0.3) is 0 Å². The number of fused-ring (bicyclic) bond motifs is 2. The number of unbranched alkanes of at least 4 members (excludes halogenated alkanes) is 2. The molecule has 1 fully saturated rings. The largest absolute Gasteiger partial charge is 0.334 e. The van der Waals surface area contributed by atoms with Crippen molar-refractivity contribution in [3.8, 4) is 0 Å². The molecular formula is C21H24N4O5. The smallest absolute Gasteiger partial charge is 0.255 e. The molecule has 4 amide bonds. The Labute approximate surface area is 173 Å². The summed E-state index contributed by atoms with van der Waals surface area (Å²) in [4.78, 5) is 62.4. The third-order valence-electron chi connectivity index (χ3n) is 6.06. The molecule has 3 heterocycles. The first-order valence-corrected chi connectivity index (χ1v) is 10.3. The Morgan fingerprint density at radius 1 is 1.03 bits per heavy atom. The van der Waals surface area contributed by atoms with Gasteiger partial charge in [-0.2, -0.15) is 4.91 Å². The van der Waals surface area contributed by atoms with Crippen molar-refractivity contribution in [2.75, 3.05) is 6.54 Å². The van der Waals surface area contributed by atoms with E-state index in [0.29, 0.717) is 51.0 Å². The lowest BCUT2D eigenvalue weighted by Crippen LogP contribution is -2.52. The van der Waals surface area contributed by atoms with E-state index in [1.165, 1.54) is 0 Å². The minimum Gasteiger partial charge on any atom is -0.334 e. The Balaban J connectivity index is 1.39. The van der Waals surface area contributed by atoms with Crippen LogP contribution in [0.3, 0.4) is 0 Å². The molecule has 1 aromatic carbocycles. The molecule has 1 saturated heterocycles. The van der Waals surface area contributed by atoms with E-state index in [1.807, 2.05) is 12.1 Å². The number of imide groups is 1. The molecule has 9 nitrogen and oxygen atoms in total. The number of piperidine rings is 1. The van der Waals surface area contributed by atoms with Gasteiger partial charge >= 0.3 is 0 Å². The highest BCUT2D eigenvalue weighted by Gasteiger charge is 2.40. The second-order valence-corrected chi connectivity index (χ2v) is 8.09. The van der Waals surface area contributed by atoms with Gasteiger partial charge in [-0.1, -0.05) is 17.7 Å². The third kappa shape index (κ3) is 3.83. The molecule has 0 spiro atoms. The van der Waals surface area contributed by atoms with Crippen molar-refractivity contribution in [2.24, 2.45) is 5.18 Å². The van der Waals surface area contributed by atoms with Gasteiger partial charge in [-0.25, -0.2) is 0 Å². The summed E-state index contributed by atoms with van der Waals surface area (Å²) in [7, 11) is 0. The standard InChI is InChI=1S/C21H24N4O5/c26-18-6-5-17(20(28)23-18)25-12-15-8-13-10-24(11-14(13)9-16(15)21(25)29)19(27)4-2-1-3-7-22-30/h8-9,17H,1-7,10-12H2,(H,23,26,28). The SMILES string of the molecule is O=NCCCCCC(=O)N1Cc2cc3c(cc2C1)C(=O)N(C1CCC(=O)NC1=O)C3. The van der Waals surface area contributed by atoms with Crippen molar-refractivity contribution < 1.29 is 19.2 Å². The fraction of sp³-hybridized carbons (Fsp3) is 0.524. The van der Waals surface area contributed by atoms with E-state index in [9.17, 15) is 24.1 Å². The van der Waals surface area contributed by atoms with Gasteiger partial charge in [0.25, 0.3) is 5.91 Å². The van der Waals surface area contributed by atoms with Gasteiger partial charge in [0.2, 0.25) is 17.7 Å². The fourth-order valence-corrected chi connectivity index (χ4v) is 4.44. The highest BCUT2D eigenvalue weighted by Crippen LogP contribution is 2.33. The molecule has 3 aliphatic rings. The van der Waals surface area contributed by atoms with Gasteiger partial charge in [0.05, 0.1) is 6.54 Å². The van der Waals surface area contributed by atoms with Crippen LogP contribution in [0.4, 0.5) is 0 Å². The molecule has 0 saturated carbocycles. The number of nitroso groups, excluding NO2 is 1. The van der Waals surface area contributed by atoms with Gasteiger partial charge in [0, 0.05) is 38.0 Å². The molecule has 1 unspecified atom stereocenters. The summed E-state index contributed by atoms with van der Waals surface area (Å²) in [5.41, 5.74) is 3.43. The maximum absolute atomic E-state index is 12.9. The Bertz CT molecular complexity index is 928. The van der Waals surface area contributed by atoms with Crippen molar-refractivity contribution in [1.29, 1.82) is 0 Å². The van der Waals surface area contributed by atoms with E-state index < -0.39 is 11.9 Å². The maximum Gasteiger partial charge on any atom is 0.255 e. The van der Waals surface area contributed by atoms with E-state index in [0.717, 1.165) is 29.5 Å². The van der Waals surface area contributed by atoms with Crippen LogP contribution in [0, 0.1) is 4.91 Å². The normalized spacial score (nSPS) is 20.3. The summed E-state index contributed by atoms with van der Waals surface area (Å²) in [5, 5.41) is 5.13. The monoisotopic (exact) mass is 412 g/mol. The minimum atomic E-state index is -0.620. The van der Waals surface area contributed by atoms with Gasteiger partial charge in [-0.15, -0.1) is 0 Å². The van der Waals surface area contributed by atoms with Crippen LogP contribution >= 0.6 is 0 Å². The first-order valence-electron chi connectivity index (χ1n) is 10.3. The Kier molecular flexibility index (Phi) is 5.61. The van der Waals surface area contributed by atoms with Crippen LogP contribution in [0.2, 0.25) is 0 Å². The minimum absolute atomic E-state index is 0.0712. The van der Waals surface area contributed by atoms with Crippen molar-refractivity contribution >= 4 is 23.6 Å². The summed E-state index contributed by atoms with van der Waals surface area (Å²) < 4.78 is 0. The number of benzene rings is 1. The fourth-order valence-electron chi connectivity index (χ4n) is 4.44. The van der Waals surface area contributed by atoms with E-state index in [-0.39, 0.29) is 24.1 Å². The molecule has 3 aliphatic heterocycles. The first-order chi connectivity index (χ1) is 14.5. The number of hydrogen-bond acceptors (Lipinski definition) is 6. The van der Waals surface area contributed by atoms with Gasteiger partial charge < -0.3 is 9.80 Å². The average molecular weight is 412 g/mol. The van der Waals surface area contributed by atoms with Crippen LogP contribution < -0.4 is 5.32 Å². The van der Waals surface area contributed by atoms with Crippen molar-refractivity contribution in [1.82, 2.24) is 15.1 Å². The number of carbonyl (C=O) groups excluding carboxylic acids is 4. The van der Waals surface area contributed by atoms with Crippen molar-refractivity contribution in [3.05, 3.63) is 39.3 Å². The van der Waals surface area contributed by atoms with Crippen molar-refractivity contribution in [3.63, 3.8) is 0 Å². The summed E-state index contributed by atoms with van der Waals surface area (Å²) in [5.74, 6) is -0.844. The van der Waals surface area contributed by atoms with Gasteiger partial charge in [0.15, 0.2) is 0 Å². The molecule has 30 heavy (non-hydrogen) atoms. The zero-order valence-electron chi connectivity index (χ0n) is 16.7. The number of nitrogens with one attached hydrogen (secondary N) is 1. The van der Waals surface area contributed by atoms with E-state index in [2.05, 4.69) is 10.5 Å².